The highest BCUT2D eigenvalue weighted by Gasteiger charge is 2.58. The Hall–Kier alpha value is -1.93. The van der Waals surface area contributed by atoms with Crippen LogP contribution in [-0.4, -0.2) is 58.8 Å². The Morgan fingerprint density at radius 2 is 1.72 bits per heavy atom. The van der Waals surface area contributed by atoms with Crippen LogP contribution < -0.4 is 20.1 Å². The van der Waals surface area contributed by atoms with Gasteiger partial charge in [0.15, 0.2) is 11.5 Å². The maximum atomic E-state index is 13.7. The van der Waals surface area contributed by atoms with Crippen molar-refractivity contribution in [3.05, 3.63) is 23.3 Å². The predicted octanol–water partition coefficient (Wildman–Crippen LogP) is 3.48. The molecule has 4 rings (SSSR count). The van der Waals surface area contributed by atoms with E-state index in [-0.39, 0.29) is 34.3 Å². The van der Waals surface area contributed by atoms with Crippen LogP contribution in [0.1, 0.15) is 75.7 Å². The van der Waals surface area contributed by atoms with Gasteiger partial charge < -0.3 is 25.0 Å². The molecule has 176 valence electrons. The Morgan fingerprint density at radius 1 is 1.09 bits per heavy atom. The Morgan fingerprint density at radius 3 is 2.28 bits per heavy atom. The molecule has 0 bridgehead atoms. The second-order valence-electron chi connectivity index (χ2n) is 11.0. The number of thioether (sulfide) groups is 1. The van der Waals surface area contributed by atoms with Gasteiger partial charge in [-0.05, 0) is 60.5 Å². The fourth-order valence-corrected chi connectivity index (χ4v) is 7.54. The first-order chi connectivity index (χ1) is 14.8. The third-order valence-electron chi connectivity index (χ3n) is 6.68. The lowest BCUT2D eigenvalue weighted by Crippen LogP contribution is -2.64. The molecule has 3 aliphatic heterocycles. The molecule has 2 fully saturated rings. The summed E-state index contributed by atoms with van der Waals surface area (Å²) < 4.78 is 10.5. The van der Waals surface area contributed by atoms with E-state index in [9.17, 15) is 9.59 Å². The van der Waals surface area contributed by atoms with Crippen LogP contribution in [0, 0.1) is 0 Å². The maximum absolute atomic E-state index is 13.7. The number of methoxy groups -OCH3 is 2. The summed E-state index contributed by atoms with van der Waals surface area (Å²) in [4.78, 5) is 29.0. The van der Waals surface area contributed by atoms with Gasteiger partial charge in [-0.2, -0.15) is 0 Å². The van der Waals surface area contributed by atoms with Crippen molar-refractivity contribution in [2.75, 3.05) is 14.2 Å². The number of rotatable bonds is 4. The summed E-state index contributed by atoms with van der Waals surface area (Å²) in [5, 5.41) is 6.73. The van der Waals surface area contributed by atoms with Gasteiger partial charge in [0, 0.05) is 27.4 Å². The number of carbonyl (C=O) groups excluding carboxylic acids is 2. The van der Waals surface area contributed by atoms with Crippen LogP contribution in [0.2, 0.25) is 0 Å². The molecule has 0 aliphatic carbocycles. The normalized spacial score (nSPS) is 27.6. The summed E-state index contributed by atoms with van der Waals surface area (Å²) in [6.45, 7) is 12.8. The zero-order valence-electron chi connectivity index (χ0n) is 20.3. The first-order valence-corrected chi connectivity index (χ1v) is 12.0. The fraction of sp³-hybridized carbons (Fsp3) is 0.667. The van der Waals surface area contributed by atoms with Crippen molar-refractivity contribution in [2.45, 2.75) is 87.7 Å². The summed E-state index contributed by atoms with van der Waals surface area (Å²) in [7, 11) is 3.09. The maximum Gasteiger partial charge on any atom is 0.260 e. The summed E-state index contributed by atoms with van der Waals surface area (Å²) >= 11 is 1.65. The zero-order valence-corrected chi connectivity index (χ0v) is 21.1. The van der Waals surface area contributed by atoms with Gasteiger partial charge in [-0.25, -0.2) is 0 Å². The number of benzene rings is 1. The van der Waals surface area contributed by atoms with Gasteiger partial charge in [-0.15, -0.1) is 11.8 Å². The standard InChI is InChI=1S/C24H35N3O4S/c1-22(2)11-13(12-23(3,4)26-22)25-19(28)18-24(5,6)32-21-14-9-10-15(30-7)17(31-8)16(14)20(29)27(18)21/h9-10,13,18,21,26H,11-12H2,1-8H3,(H,25,28)/t18-,21+/m0/s1. The SMILES string of the molecule is COc1ccc2c(c1OC)C(=O)N1[C@@H]2SC(C)(C)[C@@H]1C(=O)NC1CC(C)(C)NC(C)(C)C1. The number of nitrogens with one attached hydrogen (secondary N) is 2. The molecule has 1 aromatic rings. The van der Waals surface area contributed by atoms with Crippen LogP contribution in [-0.2, 0) is 4.79 Å². The van der Waals surface area contributed by atoms with Crippen LogP contribution >= 0.6 is 11.8 Å². The minimum atomic E-state index is -0.575. The van der Waals surface area contributed by atoms with Crippen molar-refractivity contribution in [2.24, 2.45) is 0 Å². The van der Waals surface area contributed by atoms with Crippen molar-refractivity contribution in [3.63, 3.8) is 0 Å². The first-order valence-electron chi connectivity index (χ1n) is 11.2. The van der Waals surface area contributed by atoms with E-state index in [1.807, 2.05) is 26.0 Å². The highest BCUT2D eigenvalue weighted by atomic mass is 32.2. The fourth-order valence-electron chi connectivity index (χ4n) is 5.96. The smallest absolute Gasteiger partial charge is 0.260 e. The van der Waals surface area contributed by atoms with E-state index < -0.39 is 10.8 Å². The van der Waals surface area contributed by atoms with Gasteiger partial charge in [0.1, 0.15) is 11.4 Å². The van der Waals surface area contributed by atoms with Gasteiger partial charge >= 0.3 is 0 Å². The highest BCUT2D eigenvalue weighted by Crippen LogP contribution is 2.58. The van der Waals surface area contributed by atoms with E-state index in [1.165, 1.54) is 7.11 Å². The van der Waals surface area contributed by atoms with Crippen molar-refractivity contribution in [1.29, 1.82) is 0 Å². The molecule has 2 amide bonds. The molecule has 1 aromatic carbocycles. The molecule has 3 aliphatic rings. The Kier molecular flexibility index (Phi) is 5.48. The minimum Gasteiger partial charge on any atom is -0.493 e. The summed E-state index contributed by atoms with van der Waals surface area (Å²) in [5.74, 6) is 0.689. The van der Waals surface area contributed by atoms with E-state index in [0.29, 0.717) is 17.1 Å². The molecule has 0 saturated carbocycles. The molecule has 0 spiro atoms. The third kappa shape index (κ3) is 3.75. The average Bonchev–Trinajstić information content (AvgIpc) is 3.07. The van der Waals surface area contributed by atoms with Crippen LogP contribution in [0.3, 0.4) is 0 Å². The molecule has 0 aromatic heterocycles. The molecule has 2 saturated heterocycles. The topological polar surface area (TPSA) is 79.9 Å². The summed E-state index contributed by atoms with van der Waals surface area (Å²) in [6.07, 6.45) is 1.68. The van der Waals surface area contributed by atoms with Gasteiger partial charge in [-0.1, -0.05) is 6.07 Å². The first kappa shape index (κ1) is 23.2. The predicted molar refractivity (Wildman–Crippen MR) is 126 cm³/mol. The van der Waals surface area contributed by atoms with Gasteiger partial charge in [0.05, 0.1) is 19.8 Å². The lowest BCUT2D eigenvalue weighted by Gasteiger charge is -2.47. The van der Waals surface area contributed by atoms with E-state index >= 15 is 0 Å². The molecule has 8 heteroatoms. The van der Waals surface area contributed by atoms with Crippen LogP contribution in [0.5, 0.6) is 11.5 Å². The number of hydrogen-bond donors (Lipinski definition) is 2. The molecule has 7 nitrogen and oxygen atoms in total. The van der Waals surface area contributed by atoms with Crippen LogP contribution in [0.25, 0.3) is 0 Å². The molecule has 0 unspecified atom stereocenters. The van der Waals surface area contributed by atoms with E-state index in [4.69, 9.17) is 9.47 Å². The van der Waals surface area contributed by atoms with Crippen molar-refractivity contribution in [1.82, 2.24) is 15.5 Å². The van der Waals surface area contributed by atoms with E-state index in [0.717, 1.165) is 18.4 Å². The largest absolute Gasteiger partial charge is 0.493 e. The molecule has 3 heterocycles. The van der Waals surface area contributed by atoms with Crippen LogP contribution in [0.15, 0.2) is 12.1 Å². The summed E-state index contributed by atoms with van der Waals surface area (Å²) in [5.41, 5.74) is 1.23. The van der Waals surface area contributed by atoms with E-state index in [2.05, 4.69) is 38.3 Å². The average molecular weight is 462 g/mol. The van der Waals surface area contributed by atoms with Crippen molar-refractivity contribution in [3.8, 4) is 11.5 Å². The monoisotopic (exact) mass is 461 g/mol. The molecule has 32 heavy (non-hydrogen) atoms. The number of ether oxygens (including phenoxy) is 2. The summed E-state index contributed by atoms with van der Waals surface area (Å²) in [6, 6.07) is 3.22. The Bertz CT molecular complexity index is 943. The van der Waals surface area contributed by atoms with E-state index in [1.54, 1.807) is 23.8 Å². The second-order valence-corrected chi connectivity index (χ2v) is 12.7. The number of carbonyl (C=O) groups is 2. The molecular weight excluding hydrogens is 426 g/mol. The number of nitrogens with zero attached hydrogens (tertiary/aromatic N) is 1. The zero-order chi connectivity index (χ0) is 23.6. The van der Waals surface area contributed by atoms with Crippen LogP contribution in [0.4, 0.5) is 0 Å². The van der Waals surface area contributed by atoms with Gasteiger partial charge in [-0.3, -0.25) is 9.59 Å². The lowest BCUT2D eigenvalue weighted by atomic mass is 9.79. The Balaban J connectivity index is 1.64. The van der Waals surface area contributed by atoms with Crippen molar-refractivity contribution >= 4 is 23.6 Å². The second kappa shape index (κ2) is 7.55. The molecule has 2 atom stereocenters. The minimum absolute atomic E-state index is 0.0447. The van der Waals surface area contributed by atoms with Crippen molar-refractivity contribution < 1.29 is 19.1 Å². The number of piperidine rings is 1. The Labute approximate surface area is 195 Å². The molecular formula is C24H35N3O4S. The lowest BCUT2D eigenvalue weighted by molar-refractivity contribution is -0.127. The number of fused-ring (bicyclic) bond motifs is 3. The third-order valence-corrected chi connectivity index (χ3v) is 8.22. The number of amides is 2. The quantitative estimate of drug-likeness (QED) is 0.715. The van der Waals surface area contributed by atoms with Gasteiger partial charge in [0.25, 0.3) is 5.91 Å². The highest BCUT2D eigenvalue weighted by molar-refractivity contribution is 8.01. The van der Waals surface area contributed by atoms with Gasteiger partial charge in [0.2, 0.25) is 5.91 Å². The molecule has 0 radical (unpaired) electrons. The number of hydrogen-bond acceptors (Lipinski definition) is 6. The molecule has 2 N–H and O–H groups in total.